The van der Waals surface area contributed by atoms with Crippen LogP contribution in [-0.4, -0.2) is 73.6 Å². The first kappa shape index (κ1) is 36.7. The van der Waals surface area contributed by atoms with E-state index in [1.54, 1.807) is 13.8 Å². The number of nitrogens with zero attached hydrogens (tertiary/aromatic N) is 2. The third-order valence-electron chi connectivity index (χ3n) is 5.92. The highest BCUT2D eigenvalue weighted by molar-refractivity contribution is 6.01. The Morgan fingerprint density at radius 3 is 2.19 bits per heavy atom. The van der Waals surface area contributed by atoms with Gasteiger partial charge in [-0.05, 0) is 46.2 Å². The molecule has 1 amide bonds. The van der Waals surface area contributed by atoms with Gasteiger partial charge in [-0.2, -0.15) is 0 Å². The molecule has 43 heavy (non-hydrogen) atoms. The third-order valence-corrected chi connectivity index (χ3v) is 5.92. The van der Waals surface area contributed by atoms with E-state index in [-0.39, 0.29) is 60.0 Å². The fourth-order valence-corrected chi connectivity index (χ4v) is 4.11. The number of rotatable bonds is 13. The molecule has 2 N–H and O–H groups in total. The SMILES string of the molecule is CC.COCCOC(=O)C1=C(C)N(C(=O)OCOC(=O)CCCN)C(C)=C(C(=O)OC(C)C)C1c1cccc([N+](=O)[O-])c1. The Morgan fingerprint density at radius 1 is 1.00 bits per heavy atom. The van der Waals surface area contributed by atoms with E-state index in [2.05, 4.69) is 0 Å². The van der Waals surface area contributed by atoms with Gasteiger partial charge < -0.3 is 29.4 Å². The Morgan fingerprint density at radius 2 is 1.63 bits per heavy atom. The molecular weight excluding hydrogens is 566 g/mol. The summed E-state index contributed by atoms with van der Waals surface area (Å²) in [5.74, 6) is -3.59. The molecule has 1 aliphatic rings. The first-order valence-electron chi connectivity index (χ1n) is 13.8. The highest BCUT2D eigenvalue weighted by Gasteiger charge is 2.43. The molecule has 1 unspecified atom stereocenters. The summed E-state index contributed by atoms with van der Waals surface area (Å²) in [6, 6.07) is 5.42. The van der Waals surface area contributed by atoms with Crippen molar-refractivity contribution < 1.29 is 47.8 Å². The van der Waals surface area contributed by atoms with E-state index in [9.17, 15) is 29.3 Å². The normalized spacial score (nSPS) is 14.5. The lowest BCUT2D eigenvalue weighted by molar-refractivity contribution is -0.384. The number of carbonyl (C=O) groups is 4. The number of benzene rings is 1. The van der Waals surface area contributed by atoms with Crippen molar-refractivity contribution in [3.8, 4) is 0 Å². The maximum Gasteiger partial charge on any atom is 0.421 e. The summed E-state index contributed by atoms with van der Waals surface area (Å²) in [4.78, 5) is 63.8. The van der Waals surface area contributed by atoms with Crippen LogP contribution in [0.5, 0.6) is 0 Å². The molecule has 0 radical (unpaired) electrons. The van der Waals surface area contributed by atoms with Gasteiger partial charge in [-0.1, -0.05) is 26.0 Å². The molecule has 1 aromatic carbocycles. The molecule has 14 nitrogen and oxygen atoms in total. The van der Waals surface area contributed by atoms with Crippen LogP contribution < -0.4 is 5.73 Å². The number of non-ortho nitro benzene ring substituents is 1. The van der Waals surface area contributed by atoms with Gasteiger partial charge >= 0.3 is 24.0 Å². The summed E-state index contributed by atoms with van der Waals surface area (Å²) in [5.41, 5.74) is 5.09. The van der Waals surface area contributed by atoms with Gasteiger partial charge in [0.15, 0.2) is 0 Å². The number of nitro benzene ring substituents is 1. The van der Waals surface area contributed by atoms with Crippen LogP contribution in [0, 0.1) is 10.1 Å². The van der Waals surface area contributed by atoms with Crippen molar-refractivity contribution in [1.29, 1.82) is 0 Å². The van der Waals surface area contributed by atoms with E-state index < -0.39 is 47.7 Å². The van der Waals surface area contributed by atoms with E-state index in [1.807, 2.05) is 13.8 Å². The summed E-state index contributed by atoms with van der Waals surface area (Å²) in [6.45, 7) is 9.57. The number of methoxy groups -OCH3 is 1. The van der Waals surface area contributed by atoms with Crippen LogP contribution in [0.2, 0.25) is 0 Å². The molecule has 238 valence electrons. The number of esters is 3. The molecule has 0 saturated carbocycles. The number of nitro groups is 1. The first-order valence-corrected chi connectivity index (χ1v) is 13.8. The molecule has 14 heteroatoms. The minimum absolute atomic E-state index is 0.0296. The summed E-state index contributed by atoms with van der Waals surface area (Å²) < 4.78 is 25.8. The van der Waals surface area contributed by atoms with Gasteiger partial charge in [0.05, 0.1) is 34.7 Å². The Balaban J connectivity index is 0.00000452. The van der Waals surface area contributed by atoms with Crippen LogP contribution in [0.4, 0.5) is 10.5 Å². The highest BCUT2D eigenvalue weighted by atomic mass is 16.7. The van der Waals surface area contributed by atoms with E-state index in [1.165, 1.54) is 45.2 Å². The zero-order chi connectivity index (χ0) is 32.7. The Hall–Kier alpha value is -4.30. The molecule has 0 bridgehead atoms. The molecule has 0 aromatic heterocycles. The van der Waals surface area contributed by atoms with Gasteiger partial charge in [-0.25, -0.2) is 14.4 Å². The van der Waals surface area contributed by atoms with Crippen LogP contribution in [0.1, 0.15) is 65.9 Å². The Bertz CT molecular complexity index is 1220. The van der Waals surface area contributed by atoms with Crippen LogP contribution in [-0.2, 0) is 38.1 Å². The van der Waals surface area contributed by atoms with Gasteiger partial charge in [0.25, 0.3) is 5.69 Å². The van der Waals surface area contributed by atoms with E-state index in [0.717, 1.165) is 4.90 Å². The highest BCUT2D eigenvalue weighted by Crippen LogP contribution is 2.44. The van der Waals surface area contributed by atoms with Crippen molar-refractivity contribution in [3.63, 3.8) is 0 Å². The molecule has 2 rings (SSSR count). The van der Waals surface area contributed by atoms with Crippen molar-refractivity contribution >= 4 is 29.7 Å². The largest absolute Gasteiger partial charge is 0.460 e. The lowest BCUT2D eigenvalue weighted by atomic mass is 9.79. The van der Waals surface area contributed by atoms with Crippen LogP contribution in [0.25, 0.3) is 0 Å². The molecular formula is C29H41N3O11. The molecule has 1 aromatic rings. The number of ether oxygens (including phenoxy) is 5. The van der Waals surface area contributed by atoms with Crippen molar-refractivity contribution in [2.75, 3.05) is 33.7 Å². The van der Waals surface area contributed by atoms with Crippen molar-refractivity contribution in [3.05, 3.63) is 62.5 Å². The predicted molar refractivity (Wildman–Crippen MR) is 154 cm³/mol. The quantitative estimate of drug-likeness (QED) is 0.0846. The number of hydrogen-bond donors (Lipinski definition) is 1. The average Bonchev–Trinajstić information content (AvgIpc) is 2.96. The predicted octanol–water partition coefficient (Wildman–Crippen LogP) is 4.09. The summed E-state index contributed by atoms with van der Waals surface area (Å²) in [7, 11) is 1.41. The van der Waals surface area contributed by atoms with Gasteiger partial charge in [0.2, 0.25) is 6.79 Å². The second-order valence-electron chi connectivity index (χ2n) is 9.14. The summed E-state index contributed by atoms with van der Waals surface area (Å²) >= 11 is 0. The summed E-state index contributed by atoms with van der Waals surface area (Å²) in [6.07, 6.45) is -1.21. The van der Waals surface area contributed by atoms with Crippen molar-refractivity contribution in [2.45, 2.75) is 66.4 Å². The van der Waals surface area contributed by atoms with E-state index in [4.69, 9.17) is 29.4 Å². The maximum atomic E-state index is 13.5. The average molecular weight is 608 g/mol. The second-order valence-corrected chi connectivity index (χ2v) is 9.14. The molecule has 1 atom stereocenters. The van der Waals surface area contributed by atoms with Gasteiger partial charge in [-0.3, -0.25) is 19.8 Å². The first-order chi connectivity index (χ1) is 20.4. The smallest absolute Gasteiger partial charge is 0.421 e. The molecule has 0 saturated heterocycles. The van der Waals surface area contributed by atoms with Crippen LogP contribution >= 0.6 is 0 Å². The zero-order valence-corrected chi connectivity index (χ0v) is 25.7. The molecule has 0 fully saturated rings. The van der Waals surface area contributed by atoms with Crippen molar-refractivity contribution in [2.24, 2.45) is 5.73 Å². The number of allylic oxidation sites excluding steroid dienone is 2. The number of nitrogens with two attached hydrogens (primary N) is 1. The fourth-order valence-electron chi connectivity index (χ4n) is 4.11. The number of hydrogen-bond acceptors (Lipinski definition) is 12. The second kappa shape index (κ2) is 18.3. The lowest BCUT2D eigenvalue weighted by Crippen LogP contribution is -2.39. The molecule has 1 heterocycles. The monoisotopic (exact) mass is 607 g/mol. The Kier molecular flexibility index (Phi) is 15.6. The lowest BCUT2D eigenvalue weighted by Gasteiger charge is -2.36. The topological polar surface area (TPSA) is 187 Å². The van der Waals surface area contributed by atoms with Crippen LogP contribution in [0.15, 0.2) is 46.8 Å². The molecule has 0 aliphatic carbocycles. The molecule has 0 spiro atoms. The van der Waals surface area contributed by atoms with Gasteiger partial charge in [0.1, 0.15) is 6.61 Å². The number of carbonyl (C=O) groups excluding carboxylic acids is 4. The van der Waals surface area contributed by atoms with Crippen molar-refractivity contribution in [1.82, 2.24) is 4.90 Å². The van der Waals surface area contributed by atoms with E-state index in [0.29, 0.717) is 6.42 Å². The maximum absolute atomic E-state index is 13.5. The minimum Gasteiger partial charge on any atom is -0.460 e. The minimum atomic E-state index is -1.20. The zero-order valence-electron chi connectivity index (χ0n) is 25.7. The van der Waals surface area contributed by atoms with Crippen LogP contribution in [0.3, 0.4) is 0 Å². The van der Waals surface area contributed by atoms with Gasteiger partial charge in [-0.15, -0.1) is 0 Å². The van der Waals surface area contributed by atoms with Gasteiger partial charge in [0, 0.05) is 37.1 Å². The fraction of sp³-hybridized carbons (Fsp3) is 0.517. The third kappa shape index (κ3) is 10.2. The summed E-state index contributed by atoms with van der Waals surface area (Å²) in [5, 5.41) is 11.5. The standard InChI is InChI=1S/C27H35N3O11.C2H6/c1-16(2)41-26(33)23-18(4)29(27(34)40-15-39-21(31)10-7-11-28)17(3)22(25(32)38-13-12-37-5)24(23)19-8-6-9-20(14-19)30(35)36;1-2/h6,8-9,14,16,24H,7,10-13,15,28H2,1-5H3;1-2H3. The Labute approximate surface area is 250 Å². The molecule has 1 aliphatic heterocycles. The number of amides is 1. The van der Waals surface area contributed by atoms with E-state index >= 15 is 0 Å².